The van der Waals surface area contributed by atoms with Gasteiger partial charge in [0.05, 0.1) is 23.6 Å². The van der Waals surface area contributed by atoms with Gasteiger partial charge in [-0.2, -0.15) is 10.4 Å². The number of nitrogens with zero attached hydrogens (tertiary/aromatic N) is 5. The molecule has 5 rings (SSSR count). The molecule has 1 saturated heterocycles. The molecule has 7 heteroatoms. The molecule has 1 aliphatic carbocycles. The van der Waals surface area contributed by atoms with Gasteiger partial charge in [-0.3, -0.25) is 9.48 Å². The van der Waals surface area contributed by atoms with E-state index < -0.39 is 5.41 Å². The molecule has 2 fully saturated rings. The molecule has 1 N–H and O–H groups in total. The third-order valence-electron chi connectivity index (χ3n) is 5.65. The van der Waals surface area contributed by atoms with Crippen LogP contribution in [0.5, 0.6) is 0 Å². The first-order valence-corrected chi connectivity index (χ1v) is 8.82. The SMILES string of the molecule is Cn1cc(-c2cc3c(N4CC[C@@](C#N)(C5CC5)C4=O)ccnc3[nH]2)cn1. The summed E-state index contributed by atoms with van der Waals surface area (Å²) in [5.41, 5.74) is 2.60. The van der Waals surface area contributed by atoms with Gasteiger partial charge in [0.25, 0.3) is 0 Å². The molecule has 1 aliphatic heterocycles. The van der Waals surface area contributed by atoms with Crippen LogP contribution < -0.4 is 4.90 Å². The topological polar surface area (TPSA) is 90.6 Å². The number of nitrogens with one attached hydrogen (secondary N) is 1. The lowest BCUT2D eigenvalue weighted by atomic mass is 9.83. The predicted octanol–water partition coefficient (Wildman–Crippen LogP) is 2.62. The summed E-state index contributed by atoms with van der Waals surface area (Å²) >= 11 is 0. The summed E-state index contributed by atoms with van der Waals surface area (Å²) in [5, 5.41) is 14.8. The van der Waals surface area contributed by atoms with Gasteiger partial charge in [0.2, 0.25) is 5.91 Å². The highest BCUT2D eigenvalue weighted by Gasteiger charge is 2.56. The van der Waals surface area contributed by atoms with E-state index in [1.165, 1.54) is 0 Å². The smallest absolute Gasteiger partial charge is 0.247 e. The third kappa shape index (κ3) is 2.02. The lowest BCUT2D eigenvalue weighted by Crippen LogP contribution is -2.35. The van der Waals surface area contributed by atoms with Crippen molar-refractivity contribution < 1.29 is 4.79 Å². The molecular formula is C19H18N6O. The van der Waals surface area contributed by atoms with Crippen LogP contribution in [-0.2, 0) is 11.8 Å². The summed E-state index contributed by atoms with van der Waals surface area (Å²) in [7, 11) is 1.87. The van der Waals surface area contributed by atoms with E-state index >= 15 is 0 Å². The van der Waals surface area contributed by atoms with E-state index in [0.29, 0.717) is 13.0 Å². The van der Waals surface area contributed by atoms with Gasteiger partial charge in [-0.05, 0) is 37.3 Å². The summed E-state index contributed by atoms with van der Waals surface area (Å²) in [5.74, 6) is 0.165. The van der Waals surface area contributed by atoms with Crippen molar-refractivity contribution in [1.29, 1.82) is 5.26 Å². The summed E-state index contributed by atoms with van der Waals surface area (Å²) in [4.78, 5) is 22.6. The van der Waals surface area contributed by atoms with Crippen molar-refractivity contribution >= 4 is 22.6 Å². The van der Waals surface area contributed by atoms with Crippen LogP contribution >= 0.6 is 0 Å². The summed E-state index contributed by atoms with van der Waals surface area (Å²) in [6.07, 6.45) is 8.00. The van der Waals surface area contributed by atoms with Gasteiger partial charge in [-0.15, -0.1) is 0 Å². The molecule has 1 atom stereocenters. The Kier molecular flexibility index (Phi) is 3.02. The second-order valence-corrected chi connectivity index (χ2v) is 7.24. The second-order valence-electron chi connectivity index (χ2n) is 7.24. The molecular weight excluding hydrogens is 328 g/mol. The highest BCUT2D eigenvalue weighted by atomic mass is 16.2. The number of hydrogen-bond acceptors (Lipinski definition) is 4. The zero-order valence-corrected chi connectivity index (χ0v) is 14.4. The van der Waals surface area contributed by atoms with E-state index in [1.807, 2.05) is 25.4 Å². The van der Waals surface area contributed by atoms with Gasteiger partial charge >= 0.3 is 0 Å². The number of rotatable bonds is 3. The Morgan fingerprint density at radius 3 is 2.96 bits per heavy atom. The maximum atomic E-state index is 13.1. The van der Waals surface area contributed by atoms with E-state index in [0.717, 1.165) is 40.8 Å². The highest BCUT2D eigenvalue weighted by molar-refractivity contribution is 6.08. The molecule has 1 saturated carbocycles. The fourth-order valence-corrected chi connectivity index (χ4v) is 4.08. The van der Waals surface area contributed by atoms with Crippen LogP contribution in [-0.4, -0.2) is 32.2 Å². The summed E-state index contributed by atoms with van der Waals surface area (Å²) in [6, 6.07) is 6.21. The molecule has 130 valence electrons. The lowest BCUT2D eigenvalue weighted by Gasteiger charge is -2.21. The quantitative estimate of drug-likeness (QED) is 0.789. The number of anilines is 1. The van der Waals surface area contributed by atoms with Gasteiger partial charge in [0.1, 0.15) is 11.1 Å². The minimum Gasteiger partial charge on any atom is -0.339 e. The van der Waals surface area contributed by atoms with Crippen LogP contribution in [0.3, 0.4) is 0 Å². The molecule has 0 aromatic carbocycles. The van der Waals surface area contributed by atoms with Crippen LogP contribution in [0.25, 0.3) is 22.3 Å². The van der Waals surface area contributed by atoms with Gasteiger partial charge in [0.15, 0.2) is 0 Å². The van der Waals surface area contributed by atoms with Crippen LogP contribution in [0.15, 0.2) is 30.7 Å². The number of amides is 1. The van der Waals surface area contributed by atoms with Crippen LogP contribution in [0.4, 0.5) is 5.69 Å². The standard InChI is InChI=1S/C19H18N6O/c1-24-10-12(9-22-24)15-8-14-16(4-6-21-17(14)23-15)25-7-5-19(11-20,18(25)26)13-2-3-13/h4,6,8-10,13H,2-3,5,7H2,1H3,(H,21,23)/t19-/m1/s1. The highest BCUT2D eigenvalue weighted by Crippen LogP contribution is 2.52. The normalized spacial score (nSPS) is 22.9. The molecule has 26 heavy (non-hydrogen) atoms. The van der Waals surface area contributed by atoms with Crippen molar-refractivity contribution in [3.05, 3.63) is 30.7 Å². The van der Waals surface area contributed by atoms with E-state index in [2.05, 4.69) is 21.1 Å². The molecule has 7 nitrogen and oxygen atoms in total. The first-order chi connectivity index (χ1) is 12.6. The molecule has 2 aliphatic rings. The monoisotopic (exact) mass is 346 g/mol. The summed E-state index contributed by atoms with van der Waals surface area (Å²) < 4.78 is 1.75. The van der Waals surface area contributed by atoms with E-state index in [9.17, 15) is 10.1 Å². The number of hydrogen-bond donors (Lipinski definition) is 1. The molecule has 4 heterocycles. The third-order valence-corrected chi connectivity index (χ3v) is 5.65. The second kappa shape index (κ2) is 5.18. The first-order valence-electron chi connectivity index (χ1n) is 8.82. The minimum atomic E-state index is -0.835. The van der Waals surface area contributed by atoms with Crippen LogP contribution in [0, 0.1) is 22.7 Å². The van der Waals surface area contributed by atoms with Crippen LogP contribution in [0.2, 0.25) is 0 Å². The Labute approximate surface area is 150 Å². The van der Waals surface area contributed by atoms with Gasteiger partial charge in [0, 0.05) is 36.9 Å². The average Bonchev–Trinajstić information content (AvgIpc) is 3.12. The fourth-order valence-electron chi connectivity index (χ4n) is 4.08. The molecule has 0 bridgehead atoms. The number of aromatic nitrogens is 4. The van der Waals surface area contributed by atoms with E-state index in [-0.39, 0.29) is 11.8 Å². The number of carbonyl (C=O) groups excluding carboxylic acids is 1. The minimum absolute atomic E-state index is 0.0564. The zero-order chi connectivity index (χ0) is 17.9. The van der Waals surface area contributed by atoms with Crippen molar-refractivity contribution in [2.24, 2.45) is 18.4 Å². The maximum Gasteiger partial charge on any atom is 0.247 e. The van der Waals surface area contributed by atoms with Crippen molar-refractivity contribution in [3.8, 4) is 17.3 Å². The lowest BCUT2D eigenvalue weighted by molar-refractivity contribution is -0.123. The number of H-pyrrole nitrogens is 1. The van der Waals surface area contributed by atoms with Crippen molar-refractivity contribution in [2.45, 2.75) is 19.3 Å². The number of nitriles is 1. The predicted molar refractivity (Wildman–Crippen MR) is 96.0 cm³/mol. The average molecular weight is 346 g/mol. The Morgan fingerprint density at radius 1 is 1.42 bits per heavy atom. The van der Waals surface area contributed by atoms with E-state index in [1.54, 1.807) is 22.0 Å². The van der Waals surface area contributed by atoms with Crippen LogP contribution in [0.1, 0.15) is 19.3 Å². The molecule has 0 unspecified atom stereocenters. The van der Waals surface area contributed by atoms with Gasteiger partial charge in [-0.1, -0.05) is 0 Å². The van der Waals surface area contributed by atoms with Gasteiger partial charge in [-0.25, -0.2) is 4.98 Å². The number of aromatic amines is 1. The maximum absolute atomic E-state index is 13.1. The first kappa shape index (κ1) is 15.1. The Balaban J connectivity index is 1.58. The Hall–Kier alpha value is -3.14. The van der Waals surface area contributed by atoms with Crippen molar-refractivity contribution in [2.75, 3.05) is 11.4 Å². The number of aryl methyl sites for hydroxylation is 1. The van der Waals surface area contributed by atoms with Crippen molar-refractivity contribution in [1.82, 2.24) is 19.7 Å². The van der Waals surface area contributed by atoms with Gasteiger partial charge < -0.3 is 9.88 Å². The summed E-state index contributed by atoms with van der Waals surface area (Å²) in [6.45, 7) is 0.579. The molecule has 3 aromatic heterocycles. The molecule has 0 spiro atoms. The molecule has 0 radical (unpaired) electrons. The number of carbonyl (C=O) groups is 1. The Bertz CT molecular complexity index is 1070. The largest absolute Gasteiger partial charge is 0.339 e. The number of pyridine rings is 1. The Morgan fingerprint density at radius 2 is 2.27 bits per heavy atom. The van der Waals surface area contributed by atoms with E-state index in [4.69, 9.17) is 0 Å². The fraction of sp³-hybridized carbons (Fsp3) is 0.368. The molecule has 1 amide bonds. The molecule has 3 aromatic rings. The van der Waals surface area contributed by atoms with Crippen molar-refractivity contribution in [3.63, 3.8) is 0 Å². The zero-order valence-electron chi connectivity index (χ0n) is 14.4. The number of fused-ring (bicyclic) bond motifs is 1.